The maximum atomic E-state index is 5.86. The van der Waals surface area contributed by atoms with E-state index in [1.165, 1.54) is 12.8 Å². The van der Waals surface area contributed by atoms with Gasteiger partial charge in [0.1, 0.15) is 6.61 Å². The number of ether oxygens (including phenoxy) is 2. The summed E-state index contributed by atoms with van der Waals surface area (Å²) in [4.78, 5) is 6.64. The number of nitrogens with zero attached hydrogens (tertiary/aromatic N) is 2. The highest BCUT2D eigenvalue weighted by atomic mass is 16.5. The molecule has 0 aromatic carbocycles. The van der Waals surface area contributed by atoms with Gasteiger partial charge in [-0.25, -0.2) is 0 Å². The Morgan fingerprint density at radius 2 is 2.00 bits per heavy atom. The van der Waals surface area contributed by atoms with Crippen molar-refractivity contribution < 1.29 is 9.47 Å². The zero-order valence-corrected chi connectivity index (χ0v) is 12.5. The van der Waals surface area contributed by atoms with Gasteiger partial charge in [0.15, 0.2) is 0 Å². The highest BCUT2D eigenvalue weighted by Gasteiger charge is 2.22. The maximum Gasteiger partial charge on any atom is 0.240 e. The van der Waals surface area contributed by atoms with Crippen molar-refractivity contribution in [3.05, 3.63) is 12.1 Å². The molecule has 2 rings (SSSR count). The van der Waals surface area contributed by atoms with Crippen LogP contribution in [0.25, 0.3) is 0 Å². The van der Waals surface area contributed by atoms with Crippen LogP contribution in [0.4, 0.5) is 5.69 Å². The monoisotopic (exact) mass is 279 g/mol. The van der Waals surface area contributed by atoms with E-state index in [1.807, 2.05) is 0 Å². The second-order valence-corrected chi connectivity index (χ2v) is 5.17. The molecule has 1 aromatic heterocycles. The summed E-state index contributed by atoms with van der Waals surface area (Å²) in [5.41, 5.74) is 6.44. The van der Waals surface area contributed by atoms with Gasteiger partial charge in [-0.2, -0.15) is 4.98 Å². The number of likely N-dealkylation sites (N-methyl/N-ethyl adjacent to an activating group) is 1. The number of hydrogen-bond acceptors (Lipinski definition) is 5. The van der Waals surface area contributed by atoms with Crippen LogP contribution in [-0.4, -0.2) is 42.7 Å². The molecular formula is C15H25N3O2. The molecule has 1 aromatic rings. The van der Waals surface area contributed by atoms with Gasteiger partial charge in [-0.1, -0.05) is 13.8 Å². The quantitative estimate of drug-likeness (QED) is 0.750. The summed E-state index contributed by atoms with van der Waals surface area (Å²) in [5.74, 6) is 1.76. The minimum absolute atomic E-state index is 0.497. The van der Waals surface area contributed by atoms with Crippen LogP contribution < -0.4 is 15.2 Å². The van der Waals surface area contributed by atoms with Crippen LogP contribution in [0, 0.1) is 5.92 Å². The molecule has 0 unspecified atom stereocenters. The Labute approximate surface area is 121 Å². The van der Waals surface area contributed by atoms with Crippen molar-refractivity contribution in [2.45, 2.75) is 26.7 Å². The Balaban J connectivity index is 1.82. The van der Waals surface area contributed by atoms with Crippen molar-refractivity contribution in [2.24, 2.45) is 5.92 Å². The predicted octanol–water partition coefficient (Wildman–Crippen LogP) is 2.17. The average Bonchev–Trinajstić information content (AvgIpc) is 3.28. The third kappa shape index (κ3) is 4.56. The maximum absolute atomic E-state index is 5.86. The highest BCUT2D eigenvalue weighted by Crippen LogP contribution is 2.30. The third-order valence-corrected chi connectivity index (χ3v) is 3.57. The van der Waals surface area contributed by atoms with E-state index in [-0.39, 0.29) is 0 Å². The lowest BCUT2D eigenvalue weighted by Crippen LogP contribution is -2.28. The summed E-state index contributed by atoms with van der Waals surface area (Å²) < 4.78 is 11.3. The summed E-state index contributed by atoms with van der Waals surface area (Å²) in [6.07, 6.45) is 2.50. The number of pyridine rings is 1. The van der Waals surface area contributed by atoms with E-state index >= 15 is 0 Å². The largest absolute Gasteiger partial charge is 0.476 e. The first kappa shape index (κ1) is 14.9. The van der Waals surface area contributed by atoms with E-state index in [0.717, 1.165) is 19.6 Å². The smallest absolute Gasteiger partial charge is 0.240 e. The van der Waals surface area contributed by atoms with Gasteiger partial charge in [-0.3, -0.25) is 0 Å². The van der Waals surface area contributed by atoms with E-state index in [4.69, 9.17) is 15.2 Å². The molecule has 0 spiro atoms. The third-order valence-electron chi connectivity index (χ3n) is 3.57. The van der Waals surface area contributed by atoms with E-state index in [9.17, 15) is 0 Å². The Hall–Kier alpha value is -1.49. The van der Waals surface area contributed by atoms with E-state index in [1.54, 1.807) is 12.1 Å². The molecule has 0 bridgehead atoms. The van der Waals surface area contributed by atoms with Crippen LogP contribution >= 0.6 is 0 Å². The second-order valence-electron chi connectivity index (χ2n) is 5.17. The fraction of sp³-hybridized carbons (Fsp3) is 0.667. The molecule has 0 atom stereocenters. The number of nitrogen functional groups attached to an aromatic ring is 1. The summed E-state index contributed by atoms with van der Waals surface area (Å²) in [7, 11) is 0. The molecule has 1 aliphatic rings. The standard InChI is InChI=1S/C15H25N3O2/c1-3-18(4-2)9-10-19-14-8-7-13(16)15(17-14)20-11-12-5-6-12/h7-8,12H,3-6,9-11,16H2,1-2H3. The van der Waals surface area contributed by atoms with Gasteiger partial charge < -0.3 is 20.1 Å². The van der Waals surface area contributed by atoms with E-state index in [2.05, 4.69) is 23.7 Å². The molecule has 5 nitrogen and oxygen atoms in total. The lowest BCUT2D eigenvalue weighted by Gasteiger charge is -2.18. The Bertz CT molecular complexity index is 418. The molecule has 0 saturated heterocycles. The summed E-state index contributed by atoms with van der Waals surface area (Å²) in [6.45, 7) is 8.59. The minimum Gasteiger partial charge on any atom is -0.476 e. The number of rotatable bonds is 9. The normalized spacial score (nSPS) is 14.6. The molecule has 20 heavy (non-hydrogen) atoms. The van der Waals surface area contributed by atoms with Crippen LogP contribution in [0.3, 0.4) is 0 Å². The average molecular weight is 279 g/mol. The minimum atomic E-state index is 0.497. The van der Waals surface area contributed by atoms with E-state index in [0.29, 0.717) is 36.6 Å². The van der Waals surface area contributed by atoms with Gasteiger partial charge >= 0.3 is 0 Å². The van der Waals surface area contributed by atoms with Crippen molar-refractivity contribution in [3.63, 3.8) is 0 Å². The van der Waals surface area contributed by atoms with E-state index < -0.39 is 0 Å². The number of nitrogens with two attached hydrogens (primary N) is 1. The molecular weight excluding hydrogens is 254 g/mol. The number of anilines is 1. The first-order valence-electron chi connectivity index (χ1n) is 7.47. The molecule has 1 aliphatic carbocycles. The number of aromatic nitrogens is 1. The Morgan fingerprint density at radius 1 is 1.25 bits per heavy atom. The molecule has 0 amide bonds. The molecule has 0 radical (unpaired) electrons. The van der Waals surface area contributed by atoms with Crippen molar-refractivity contribution in [1.29, 1.82) is 0 Å². The van der Waals surface area contributed by atoms with Crippen LogP contribution in [-0.2, 0) is 0 Å². The van der Waals surface area contributed by atoms with Crippen LogP contribution in [0.15, 0.2) is 12.1 Å². The first-order chi connectivity index (χ1) is 9.72. The highest BCUT2D eigenvalue weighted by molar-refractivity contribution is 5.49. The molecule has 1 heterocycles. The zero-order chi connectivity index (χ0) is 14.4. The Kier molecular flexibility index (Phi) is 5.47. The van der Waals surface area contributed by atoms with Gasteiger partial charge in [0.05, 0.1) is 12.3 Å². The summed E-state index contributed by atoms with van der Waals surface area (Å²) >= 11 is 0. The number of hydrogen-bond donors (Lipinski definition) is 1. The summed E-state index contributed by atoms with van der Waals surface area (Å²) in [5, 5.41) is 0. The van der Waals surface area contributed by atoms with Gasteiger partial charge in [0, 0.05) is 12.6 Å². The Morgan fingerprint density at radius 3 is 2.65 bits per heavy atom. The fourth-order valence-electron chi connectivity index (χ4n) is 1.93. The molecule has 112 valence electrons. The van der Waals surface area contributed by atoms with Crippen molar-refractivity contribution in [1.82, 2.24) is 9.88 Å². The summed E-state index contributed by atoms with van der Waals surface area (Å²) in [6, 6.07) is 3.59. The van der Waals surface area contributed by atoms with Crippen LogP contribution in [0.2, 0.25) is 0 Å². The van der Waals surface area contributed by atoms with Gasteiger partial charge in [-0.15, -0.1) is 0 Å². The zero-order valence-electron chi connectivity index (χ0n) is 12.5. The topological polar surface area (TPSA) is 60.6 Å². The van der Waals surface area contributed by atoms with Gasteiger partial charge in [0.2, 0.25) is 11.8 Å². The lowest BCUT2D eigenvalue weighted by atomic mass is 10.4. The molecule has 2 N–H and O–H groups in total. The molecule has 5 heteroatoms. The van der Waals surface area contributed by atoms with Crippen LogP contribution in [0.5, 0.6) is 11.8 Å². The predicted molar refractivity (Wildman–Crippen MR) is 80.2 cm³/mol. The van der Waals surface area contributed by atoms with Gasteiger partial charge in [-0.05, 0) is 37.9 Å². The van der Waals surface area contributed by atoms with Gasteiger partial charge in [0.25, 0.3) is 0 Å². The molecule has 0 aliphatic heterocycles. The van der Waals surface area contributed by atoms with Crippen molar-refractivity contribution >= 4 is 5.69 Å². The first-order valence-corrected chi connectivity index (χ1v) is 7.47. The van der Waals surface area contributed by atoms with Crippen LogP contribution in [0.1, 0.15) is 26.7 Å². The molecule has 1 saturated carbocycles. The lowest BCUT2D eigenvalue weighted by molar-refractivity contribution is 0.214. The fourth-order valence-corrected chi connectivity index (χ4v) is 1.93. The van der Waals surface area contributed by atoms with Crippen molar-refractivity contribution in [2.75, 3.05) is 38.6 Å². The SMILES string of the molecule is CCN(CC)CCOc1ccc(N)c(OCC2CC2)n1. The second kappa shape index (κ2) is 7.33. The molecule has 1 fully saturated rings. The van der Waals surface area contributed by atoms with Crippen molar-refractivity contribution in [3.8, 4) is 11.8 Å².